The Balaban J connectivity index is 1.48. The number of nitrogens with zero attached hydrogens (tertiary/aromatic N) is 6. The van der Waals surface area contributed by atoms with Gasteiger partial charge in [-0.3, -0.25) is 9.78 Å². The Morgan fingerprint density at radius 2 is 1.73 bits per heavy atom. The third-order valence-electron chi connectivity index (χ3n) is 9.75. The minimum Gasteiger partial charge on any atom is -0.475 e. The van der Waals surface area contributed by atoms with Gasteiger partial charge in [0, 0.05) is 29.8 Å². The lowest BCUT2D eigenvalue weighted by molar-refractivity contribution is 0.0508. The van der Waals surface area contributed by atoms with Gasteiger partial charge < -0.3 is 14.5 Å². The minimum absolute atomic E-state index is 0.0739. The fourth-order valence-corrected chi connectivity index (χ4v) is 8.23. The van der Waals surface area contributed by atoms with Crippen molar-refractivity contribution in [1.29, 1.82) is 0 Å². The quantitative estimate of drug-likeness (QED) is 0.222. The van der Waals surface area contributed by atoms with Crippen LogP contribution in [-0.4, -0.2) is 64.4 Å². The monoisotopic (exact) mass is 711 g/mol. The van der Waals surface area contributed by atoms with Crippen LogP contribution >= 0.6 is 0 Å². The second-order valence-corrected chi connectivity index (χ2v) is 17.1. The average molecular weight is 712 g/mol. The number of aromatic nitrogens is 4. The maximum Gasteiger partial charge on any atom is 0.264 e. The number of amides is 1. The van der Waals surface area contributed by atoms with E-state index >= 15 is 0 Å². The summed E-state index contributed by atoms with van der Waals surface area (Å²) in [5.74, 6) is 1.02. The molecule has 6 rings (SSSR count). The van der Waals surface area contributed by atoms with Crippen LogP contribution in [0.4, 0.5) is 11.8 Å². The van der Waals surface area contributed by atoms with Gasteiger partial charge in [0.05, 0.1) is 40.8 Å². The van der Waals surface area contributed by atoms with Crippen molar-refractivity contribution in [2.75, 3.05) is 22.8 Å². The van der Waals surface area contributed by atoms with Crippen molar-refractivity contribution < 1.29 is 17.9 Å². The normalized spacial score (nSPS) is 19.2. The molecule has 1 amide bonds. The number of nitrogens with one attached hydrogen (secondary N) is 1. The first-order chi connectivity index (χ1) is 24.1. The Labute approximate surface area is 302 Å². The molecule has 2 aliphatic heterocycles. The van der Waals surface area contributed by atoms with Crippen molar-refractivity contribution in [2.24, 2.45) is 11.3 Å². The molecule has 11 nitrogen and oxygen atoms in total. The summed E-state index contributed by atoms with van der Waals surface area (Å²) in [6.45, 7) is 17.9. The summed E-state index contributed by atoms with van der Waals surface area (Å²) in [4.78, 5) is 37.7. The van der Waals surface area contributed by atoms with E-state index in [1.54, 1.807) is 23.1 Å². The van der Waals surface area contributed by atoms with Gasteiger partial charge in [0.2, 0.25) is 11.8 Å². The summed E-state index contributed by atoms with van der Waals surface area (Å²) in [5, 5.41) is 0. The lowest BCUT2D eigenvalue weighted by atomic mass is 9.87. The Hall–Kier alpha value is -4.58. The Kier molecular flexibility index (Phi) is 10.1. The molecule has 0 spiro atoms. The second-order valence-electron chi connectivity index (χ2n) is 15.4. The van der Waals surface area contributed by atoms with Crippen LogP contribution in [0, 0.1) is 32.1 Å². The summed E-state index contributed by atoms with van der Waals surface area (Å²) < 4.78 is 36.6. The zero-order valence-corrected chi connectivity index (χ0v) is 31.7. The van der Waals surface area contributed by atoms with E-state index < -0.39 is 16.1 Å². The van der Waals surface area contributed by atoms with Gasteiger partial charge in [-0.2, -0.15) is 4.98 Å². The van der Waals surface area contributed by atoms with Gasteiger partial charge in [0.15, 0.2) is 0 Å². The average Bonchev–Trinajstić information content (AvgIpc) is 3.56. The van der Waals surface area contributed by atoms with E-state index in [0.717, 1.165) is 47.6 Å². The van der Waals surface area contributed by atoms with Gasteiger partial charge in [-0.25, -0.2) is 23.1 Å². The second kappa shape index (κ2) is 14.2. The Bertz CT molecular complexity index is 2020. The molecule has 0 aliphatic carbocycles. The molecular weight excluding hydrogens is 663 g/mol. The number of aryl methyl sites for hydroxylation is 3. The van der Waals surface area contributed by atoms with E-state index in [2.05, 4.69) is 54.2 Å². The summed E-state index contributed by atoms with van der Waals surface area (Å²) >= 11 is 0. The van der Waals surface area contributed by atoms with Crippen molar-refractivity contribution in [2.45, 2.75) is 98.2 Å². The number of ether oxygens (including phenoxy) is 1. The van der Waals surface area contributed by atoms with E-state index in [0.29, 0.717) is 29.8 Å². The highest BCUT2D eigenvalue weighted by atomic mass is 32.2. The lowest BCUT2D eigenvalue weighted by Crippen LogP contribution is -2.45. The summed E-state index contributed by atoms with van der Waals surface area (Å²) in [7, 11) is -4.18. The predicted molar refractivity (Wildman–Crippen MR) is 199 cm³/mol. The molecule has 1 saturated heterocycles. The van der Waals surface area contributed by atoms with Crippen molar-refractivity contribution in [3.8, 4) is 17.1 Å². The van der Waals surface area contributed by atoms with E-state index in [1.807, 2.05) is 45.2 Å². The highest BCUT2D eigenvalue weighted by Gasteiger charge is 2.33. The third-order valence-corrected chi connectivity index (χ3v) is 11.1. The maximum absolute atomic E-state index is 14.7. The Morgan fingerprint density at radius 3 is 2.43 bits per heavy atom. The first kappa shape index (κ1) is 36.2. The largest absolute Gasteiger partial charge is 0.475 e. The molecule has 4 bridgehead atoms. The van der Waals surface area contributed by atoms with Gasteiger partial charge in [-0.1, -0.05) is 58.9 Å². The zero-order chi connectivity index (χ0) is 36.7. The highest BCUT2D eigenvalue weighted by Crippen LogP contribution is 2.33. The van der Waals surface area contributed by atoms with E-state index in [9.17, 15) is 13.2 Å². The molecule has 0 radical (unpaired) electrons. The molecule has 270 valence electrons. The first-order valence-electron chi connectivity index (χ1n) is 17.7. The smallest absolute Gasteiger partial charge is 0.264 e. The van der Waals surface area contributed by atoms with Crippen LogP contribution in [-0.2, 0) is 16.6 Å². The number of benzene rings is 2. The molecule has 12 heteroatoms. The van der Waals surface area contributed by atoms with E-state index in [4.69, 9.17) is 14.7 Å². The van der Waals surface area contributed by atoms with Crippen molar-refractivity contribution in [3.63, 3.8) is 0 Å². The van der Waals surface area contributed by atoms with Gasteiger partial charge in [0.1, 0.15) is 12.4 Å². The summed E-state index contributed by atoms with van der Waals surface area (Å²) in [6, 6.07) is 13.7. The van der Waals surface area contributed by atoms with Crippen molar-refractivity contribution in [3.05, 3.63) is 82.8 Å². The molecule has 1 fully saturated rings. The molecule has 1 unspecified atom stereocenters. The molecule has 0 saturated carbocycles. The molecular formula is C39H49N7O4S. The molecule has 4 aromatic rings. The number of sulfonamides is 1. The van der Waals surface area contributed by atoms with Crippen molar-refractivity contribution in [1.82, 2.24) is 24.8 Å². The molecule has 2 atom stereocenters. The minimum atomic E-state index is -4.18. The summed E-state index contributed by atoms with van der Waals surface area (Å²) in [6.07, 6.45) is 4.61. The zero-order valence-electron chi connectivity index (χ0n) is 30.9. The first-order valence-corrected chi connectivity index (χ1v) is 19.2. The van der Waals surface area contributed by atoms with Gasteiger partial charge in [-0.15, -0.1) is 0 Å². The van der Waals surface area contributed by atoms with E-state index in [1.165, 1.54) is 12.1 Å². The molecule has 2 aromatic heterocycles. The van der Waals surface area contributed by atoms with Crippen LogP contribution < -0.4 is 14.4 Å². The fourth-order valence-electron chi connectivity index (χ4n) is 7.24. The molecule has 51 heavy (non-hydrogen) atoms. The van der Waals surface area contributed by atoms with Crippen LogP contribution in [0.1, 0.15) is 86.8 Å². The topological polar surface area (TPSA) is 131 Å². The number of rotatable bonds is 6. The van der Waals surface area contributed by atoms with Crippen LogP contribution in [0.3, 0.4) is 0 Å². The molecule has 1 N–H and O–H groups in total. The standard InChI is InChI=1S/C39H49N7O4S/c1-24(2)33-16-11-17-45(33)34-21-40-27(5)32(41-34)22-46-29(20-39(6,7)8)23-50-35-19-31(36-25(3)12-9-13-26(36)4)42-38(43-35)44-51(48,49)30-15-10-14-28(18-30)37(46)47/h9-10,12-15,18-19,21,24,29,33H,11,16-17,20,22-23H2,1-8H3,(H,42,43,44)/t29-,33?/m1/s1. The SMILES string of the molecule is Cc1cccc(C)c1-c1cc2nc(n1)NS(=O)(=O)c1cccc(c1)C(=O)N(Cc1nc(N3CCCC3C(C)C)cnc1C)[C@H](CC(C)(C)C)CO2. The number of hydrogen-bond donors (Lipinski definition) is 1. The van der Waals surface area contributed by atoms with Crippen LogP contribution in [0.5, 0.6) is 5.88 Å². The number of hydrogen-bond acceptors (Lipinski definition) is 9. The number of fused-ring (bicyclic) bond motifs is 4. The number of carbonyl (C=O) groups excluding carboxylic acids is 1. The van der Waals surface area contributed by atoms with Crippen LogP contribution in [0.25, 0.3) is 11.3 Å². The summed E-state index contributed by atoms with van der Waals surface area (Å²) in [5.41, 5.74) is 4.81. The number of carbonyl (C=O) groups is 1. The molecule has 2 aromatic carbocycles. The van der Waals surface area contributed by atoms with Crippen LogP contribution in [0.15, 0.2) is 59.6 Å². The van der Waals surface area contributed by atoms with Gasteiger partial charge >= 0.3 is 0 Å². The number of anilines is 2. The predicted octanol–water partition coefficient (Wildman–Crippen LogP) is 7.12. The fraction of sp³-hybridized carbons (Fsp3) is 0.462. The Morgan fingerprint density at radius 1 is 1.00 bits per heavy atom. The van der Waals surface area contributed by atoms with Crippen molar-refractivity contribution >= 4 is 27.7 Å². The highest BCUT2D eigenvalue weighted by molar-refractivity contribution is 7.92. The van der Waals surface area contributed by atoms with Gasteiger partial charge in [-0.05, 0) is 80.7 Å². The molecule has 2 aliphatic rings. The maximum atomic E-state index is 14.7. The van der Waals surface area contributed by atoms with E-state index in [-0.39, 0.29) is 46.8 Å². The van der Waals surface area contributed by atoms with Crippen LogP contribution in [0.2, 0.25) is 0 Å². The molecule has 4 heterocycles. The van der Waals surface area contributed by atoms with Gasteiger partial charge in [0.25, 0.3) is 15.9 Å². The lowest BCUT2D eigenvalue weighted by Gasteiger charge is -2.36. The third kappa shape index (κ3) is 8.01.